The minimum Gasteiger partial charge on any atom is -0.481 e. The molecule has 0 aromatic carbocycles. The summed E-state index contributed by atoms with van der Waals surface area (Å²) in [4.78, 5) is 24.9. The number of carbonyl (C=O) groups excluding carboxylic acids is 1. The number of hydrogen-bond donors (Lipinski definition) is 3. The quantitative estimate of drug-likeness (QED) is 0.655. The van der Waals surface area contributed by atoms with E-state index in [2.05, 4.69) is 15.5 Å². The maximum atomic E-state index is 11.7. The number of amides is 2. The molecule has 0 aromatic heterocycles. The number of urea groups is 1. The lowest BCUT2D eigenvalue weighted by Gasteiger charge is -2.19. The zero-order valence-electron chi connectivity index (χ0n) is 12.7. The molecule has 0 saturated heterocycles. The van der Waals surface area contributed by atoms with E-state index in [0.29, 0.717) is 6.54 Å². The normalized spacial score (nSPS) is 23.6. The molecule has 3 N–H and O–H groups in total. The van der Waals surface area contributed by atoms with Crippen LogP contribution in [0, 0.1) is 11.8 Å². The van der Waals surface area contributed by atoms with Crippen LogP contribution in [0.25, 0.3) is 0 Å². The van der Waals surface area contributed by atoms with Crippen LogP contribution in [0.5, 0.6) is 0 Å². The second-order valence-electron chi connectivity index (χ2n) is 5.98. The predicted molar refractivity (Wildman–Crippen MR) is 77.6 cm³/mol. The SMILES string of the molecule is CC(CCN(C)C)NC(=O)NCC1CCCC1C(=O)O. The minimum atomic E-state index is -0.742. The number of carboxylic acids is 1. The van der Waals surface area contributed by atoms with Crippen molar-refractivity contribution < 1.29 is 14.7 Å². The second kappa shape index (κ2) is 8.09. The van der Waals surface area contributed by atoms with Crippen molar-refractivity contribution in [2.24, 2.45) is 11.8 Å². The second-order valence-corrected chi connectivity index (χ2v) is 5.98. The van der Waals surface area contributed by atoms with Crippen LogP contribution in [0.4, 0.5) is 4.79 Å². The molecule has 1 aliphatic rings. The Morgan fingerprint density at radius 3 is 2.65 bits per heavy atom. The van der Waals surface area contributed by atoms with Crippen molar-refractivity contribution in [3.63, 3.8) is 0 Å². The topological polar surface area (TPSA) is 81.7 Å². The summed E-state index contributed by atoms with van der Waals surface area (Å²) in [6, 6.07) is -0.0939. The van der Waals surface area contributed by atoms with Gasteiger partial charge in [-0.3, -0.25) is 4.79 Å². The first-order valence-electron chi connectivity index (χ1n) is 7.32. The highest BCUT2D eigenvalue weighted by Crippen LogP contribution is 2.31. The molecule has 1 saturated carbocycles. The smallest absolute Gasteiger partial charge is 0.315 e. The van der Waals surface area contributed by atoms with Crippen molar-refractivity contribution in [2.75, 3.05) is 27.2 Å². The number of nitrogens with one attached hydrogen (secondary N) is 2. The van der Waals surface area contributed by atoms with Gasteiger partial charge in [0.15, 0.2) is 0 Å². The molecule has 6 nitrogen and oxygen atoms in total. The lowest BCUT2D eigenvalue weighted by Crippen LogP contribution is -2.44. The fourth-order valence-corrected chi connectivity index (χ4v) is 2.63. The van der Waals surface area contributed by atoms with Gasteiger partial charge in [-0.05, 0) is 52.7 Å². The first-order chi connectivity index (χ1) is 9.40. The number of rotatable bonds is 7. The molecular formula is C14H27N3O3. The molecule has 0 radical (unpaired) electrons. The third-order valence-electron chi connectivity index (χ3n) is 3.89. The van der Waals surface area contributed by atoms with Crippen LogP contribution >= 0.6 is 0 Å². The molecule has 20 heavy (non-hydrogen) atoms. The van der Waals surface area contributed by atoms with E-state index in [-0.39, 0.29) is 23.9 Å². The Kier molecular flexibility index (Phi) is 6.78. The van der Waals surface area contributed by atoms with E-state index in [4.69, 9.17) is 5.11 Å². The van der Waals surface area contributed by atoms with E-state index < -0.39 is 5.97 Å². The van der Waals surface area contributed by atoms with Gasteiger partial charge in [0.1, 0.15) is 0 Å². The van der Waals surface area contributed by atoms with Crippen LogP contribution in [-0.2, 0) is 4.79 Å². The third-order valence-corrected chi connectivity index (χ3v) is 3.89. The van der Waals surface area contributed by atoms with E-state index in [1.165, 1.54) is 0 Å². The van der Waals surface area contributed by atoms with Crippen molar-refractivity contribution in [2.45, 2.75) is 38.6 Å². The van der Waals surface area contributed by atoms with Gasteiger partial charge in [0.25, 0.3) is 0 Å². The molecule has 1 rings (SSSR count). The Hall–Kier alpha value is -1.30. The Morgan fingerprint density at radius 1 is 1.35 bits per heavy atom. The number of carbonyl (C=O) groups is 2. The van der Waals surface area contributed by atoms with Crippen molar-refractivity contribution >= 4 is 12.0 Å². The summed E-state index contributed by atoms with van der Waals surface area (Å²) in [6.45, 7) is 3.34. The fourth-order valence-electron chi connectivity index (χ4n) is 2.63. The van der Waals surface area contributed by atoms with Crippen molar-refractivity contribution in [1.82, 2.24) is 15.5 Å². The lowest BCUT2D eigenvalue weighted by molar-refractivity contribution is -0.142. The highest BCUT2D eigenvalue weighted by Gasteiger charge is 2.32. The molecule has 0 bridgehead atoms. The zero-order valence-corrected chi connectivity index (χ0v) is 12.7. The number of carboxylic acid groups (broad SMARTS) is 1. The van der Waals surface area contributed by atoms with Crippen molar-refractivity contribution in [3.8, 4) is 0 Å². The van der Waals surface area contributed by atoms with Gasteiger partial charge in [-0.15, -0.1) is 0 Å². The molecule has 0 aromatic rings. The maximum Gasteiger partial charge on any atom is 0.315 e. The average Bonchev–Trinajstić information content (AvgIpc) is 2.82. The maximum absolute atomic E-state index is 11.7. The van der Waals surface area contributed by atoms with E-state index in [1.54, 1.807) is 0 Å². The number of aliphatic carboxylic acids is 1. The highest BCUT2D eigenvalue weighted by atomic mass is 16.4. The highest BCUT2D eigenvalue weighted by molar-refractivity contribution is 5.74. The summed E-state index contributed by atoms with van der Waals surface area (Å²) in [6.07, 6.45) is 3.43. The number of nitrogens with zero attached hydrogens (tertiary/aromatic N) is 1. The molecule has 3 atom stereocenters. The first-order valence-corrected chi connectivity index (χ1v) is 7.32. The Labute approximate surface area is 120 Å². The monoisotopic (exact) mass is 285 g/mol. The largest absolute Gasteiger partial charge is 0.481 e. The molecule has 0 spiro atoms. The molecular weight excluding hydrogens is 258 g/mol. The Morgan fingerprint density at radius 2 is 2.05 bits per heavy atom. The van der Waals surface area contributed by atoms with Crippen LogP contribution in [0.1, 0.15) is 32.6 Å². The summed E-state index contributed by atoms with van der Waals surface area (Å²) >= 11 is 0. The van der Waals surface area contributed by atoms with Gasteiger partial charge in [0, 0.05) is 12.6 Å². The van der Waals surface area contributed by atoms with Gasteiger partial charge < -0.3 is 20.6 Å². The Balaban J connectivity index is 2.24. The van der Waals surface area contributed by atoms with E-state index >= 15 is 0 Å². The van der Waals surface area contributed by atoms with Crippen LogP contribution < -0.4 is 10.6 Å². The molecule has 116 valence electrons. The van der Waals surface area contributed by atoms with Crippen molar-refractivity contribution in [3.05, 3.63) is 0 Å². The van der Waals surface area contributed by atoms with Gasteiger partial charge in [0.2, 0.25) is 0 Å². The molecule has 3 unspecified atom stereocenters. The third kappa shape index (κ3) is 5.77. The molecule has 6 heteroatoms. The van der Waals surface area contributed by atoms with E-state index in [1.807, 2.05) is 21.0 Å². The number of hydrogen-bond acceptors (Lipinski definition) is 3. The van der Waals surface area contributed by atoms with Crippen LogP contribution in [-0.4, -0.2) is 55.2 Å². The van der Waals surface area contributed by atoms with Crippen LogP contribution in [0.2, 0.25) is 0 Å². The molecule has 0 heterocycles. The van der Waals surface area contributed by atoms with E-state index in [9.17, 15) is 9.59 Å². The zero-order chi connectivity index (χ0) is 15.1. The molecule has 2 amide bonds. The van der Waals surface area contributed by atoms with Gasteiger partial charge >= 0.3 is 12.0 Å². The average molecular weight is 285 g/mol. The lowest BCUT2D eigenvalue weighted by atomic mass is 9.96. The predicted octanol–water partition coefficient (Wildman–Crippen LogP) is 1.13. The summed E-state index contributed by atoms with van der Waals surface area (Å²) in [5.41, 5.74) is 0. The van der Waals surface area contributed by atoms with Crippen molar-refractivity contribution in [1.29, 1.82) is 0 Å². The molecule has 1 aliphatic carbocycles. The summed E-state index contributed by atoms with van der Waals surface area (Å²) in [5.74, 6) is -0.981. The summed E-state index contributed by atoms with van der Waals surface area (Å²) in [5, 5.41) is 14.8. The molecule has 1 fully saturated rings. The van der Waals surface area contributed by atoms with Crippen LogP contribution in [0.15, 0.2) is 0 Å². The fraction of sp³-hybridized carbons (Fsp3) is 0.857. The first kappa shape index (κ1) is 16.8. The molecule has 0 aliphatic heterocycles. The minimum absolute atomic E-state index is 0.0651. The Bertz CT molecular complexity index is 334. The van der Waals surface area contributed by atoms with Gasteiger partial charge in [-0.2, -0.15) is 0 Å². The van der Waals surface area contributed by atoms with E-state index in [0.717, 1.165) is 32.2 Å². The van der Waals surface area contributed by atoms with Gasteiger partial charge in [0.05, 0.1) is 5.92 Å². The summed E-state index contributed by atoms with van der Waals surface area (Å²) in [7, 11) is 4.00. The standard InChI is InChI=1S/C14H27N3O3/c1-10(7-8-17(2)3)16-14(20)15-9-11-5-4-6-12(11)13(18)19/h10-12H,4-9H2,1-3H3,(H,18,19)(H2,15,16,20). The van der Waals surface area contributed by atoms with Gasteiger partial charge in [-0.1, -0.05) is 6.42 Å². The van der Waals surface area contributed by atoms with Gasteiger partial charge in [-0.25, -0.2) is 4.79 Å². The summed E-state index contributed by atoms with van der Waals surface area (Å²) < 4.78 is 0. The van der Waals surface area contributed by atoms with Crippen LogP contribution in [0.3, 0.4) is 0 Å².